The number of benzene rings is 2. The van der Waals surface area contributed by atoms with Crippen molar-refractivity contribution in [2.75, 3.05) is 26.7 Å². The molecule has 1 aliphatic rings. The highest BCUT2D eigenvalue weighted by molar-refractivity contribution is 7.89. The first-order valence-electron chi connectivity index (χ1n) is 10.4. The van der Waals surface area contributed by atoms with Crippen molar-refractivity contribution < 1.29 is 17.9 Å². The minimum absolute atomic E-state index is 0.0916. The quantitative estimate of drug-likeness (QED) is 0.611. The third-order valence-electron chi connectivity index (χ3n) is 5.77. The standard InChI is InChI=1S/C23H27N3O4S/c1-30-20-9-10-22-18(16-20)11-14-25(22)15-12-24-23(27)19-6-5-13-26(17-19)31(28,29)21-7-3-2-4-8-21/h2-4,7-11,14,16,19H,5-6,12-13,15,17H2,1H3,(H,24,27)/t19-/m0/s1. The highest BCUT2D eigenvalue weighted by atomic mass is 32.2. The van der Waals surface area contributed by atoms with E-state index in [-0.39, 0.29) is 23.3 Å². The van der Waals surface area contributed by atoms with Gasteiger partial charge in [-0.05, 0) is 49.2 Å². The van der Waals surface area contributed by atoms with Crippen molar-refractivity contribution in [1.29, 1.82) is 0 Å². The molecule has 1 fully saturated rings. The summed E-state index contributed by atoms with van der Waals surface area (Å²) in [5.74, 6) is 0.384. The molecular weight excluding hydrogens is 414 g/mol. The fourth-order valence-electron chi connectivity index (χ4n) is 4.06. The minimum Gasteiger partial charge on any atom is -0.497 e. The molecule has 164 valence electrons. The van der Waals surface area contributed by atoms with Gasteiger partial charge >= 0.3 is 0 Å². The van der Waals surface area contributed by atoms with Gasteiger partial charge in [-0.1, -0.05) is 18.2 Å². The maximum absolute atomic E-state index is 12.9. The van der Waals surface area contributed by atoms with Gasteiger partial charge in [0.2, 0.25) is 15.9 Å². The smallest absolute Gasteiger partial charge is 0.243 e. The van der Waals surface area contributed by atoms with E-state index in [0.29, 0.717) is 32.5 Å². The first kappa shape index (κ1) is 21.4. The van der Waals surface area contributed by atoms with Gasteiger partial charge in [0.25, 0.3) is 0 Å². The molecule has 31 heavy (non-hydrogen) atoms. The highest BCUT2D eigenvalue weighted by Gasteiger charge is 2.33. The molecule has 4 rings (SSSR count). The summed E-state index contributed by atoms with van der Waals surface area (Å²) in [6, 6.07) is 16.3. The van der Waals surface area contributed by atoms with E-state index in [4.69, 9.17) is 4.74 Å². The van der Waals surface area contributed by atoms with Crippen LogP contribution in [0.3, 0.4) is 0 Å². The Kier molecular flexibility index (Phi) is 6.29. The largest absolute Gasteiger partial charge is 0.497 e. The van der Waals surface area contributed by atoms with E-state index in [9.17, 15) is 13.2 Å². The number of rotatable bonds is 7. The molecule has 2 aromatic carbocycles. The molecule has 0 unspecified atom stereocenters. The van der Waals surface area contributed by atoms with Crippen LogP contribution in [-0.4, -0.2) is 49.9 Å². The fourth-order valence-corrected chi connectivity index (χ4v) is 5.61. The molecule has 1 amide bonds. The molecule has 3 aromatic rings. The van der Waals surface area contributed by atoms with E-state index in [2.05, 4.69) is 9.88 Å². The average Bonchev–Trinajstić information content (AvgIpc) is 3.21. The lowest BCUT2D eigenvalue weighted by Crippen LogP contribution is -2.45. The maximum Gasteiger partial charge on any atom is 0.243 e. The zero-order chi connectivity index (χ0) is 21.8. The summed E-state index contributed by atoms with van der Waals surface area (Å²) >= 11 is 0. The van der Waals surface area contributed by atoms with Crippen molar-refractivity contribution in [2.45, 2.75) is 24.3 Å². The van der Waals surface area contributed by atoms with Crippen LogP contribution in [0.25, 0.3) is 10.9 Å². The second-order valence-electron chi connectivity index (χ2n) is 7.74. The van der Waals surface area contributed by atoms with E-state index in [1.807, 2.05) is 30.5 Å². The number of carbonyl (C=O) groups excluding carboxylic acids is 1. The number of nitrogens with one attached hydrogen (secondary N) is 1. The van der Waals surface area contributed by atoms with Crippen molar-refractivity contribution >= 4 is 26.8 Å². The summed E-state index contributed by atoms with van der Waals surface area (Å²) in [4.78, 5) is 13.0. The van der Waals surface area contributed by atoms with Gasteiger partial charge in [-0.3, -0.25) is 4.79 Å². The molecule has 2 heterocycles. The van der Waals surface area contributed by atoms with Gasteiger partial charge in [0, 0.05) is 43.3 Å². The van der Waals surface area contributed by atoms with Gasteiger partial charge in [-0.15, -0.1) is 0 Å². The number of methoxy groups -OCH3 is 1. The second-order valence-corrected chi connectivity index (χ2v) is 9.68. The number of hydrogen-bond acceptors (Lipinski definition) is 4. The molecular formula is C23H27N3O4S. The average molecular weight is 442 g/mol. The lowest BCUT2D eigenvalue weighted by Gasteiger charge is -2.31. The molecule has 0 radical (unpaired) electrons. The third kappa shape index (κ3) is 4.60. The van der Waals surface area contributed by atoms with E-state index in [1.165, 1.54) is 4.31 Å². The van der Waals surface area contributed by atoms with Gasteiger partial charge in [0.1, 0.15) is 5.75 Å². The molecule has 1 aromatic heterocycles. The zero-order valence-electron chi connectivity index (χ0n) is 17.5. The van der Waals surface area contributed by atoms with E-state index < -0.39 is 10.0 Å². The number of piperidine rings is 1. The Hall–Kier alpha value is -2.84. The van der Waals surface area contributed by atoms with Crippen LogP contribution < -0.4 is 10.1 Å². The zero-order valence-corrected chi connectivity index (χ0v) is 18.3. The molecule has 0 aliphatic carbocycles. The summed E-state index contributed by atoms with van der Waals surface area (Å²) in [6.45, 7) is 1.78. The van der Waals surface area contributed by atoms with Crippen LogP contribution in [0.4, 0.5) is 0 Å². The molecule has 0 spiro atoms. The van der Waals surface area contributed by atoms with E-state index >= 15 is 0 Å². The van der Waals surface area contributed by atoms with Crippen molar-refractivity contribution in [2.24, 2.45) is 5.92 Å². The van der Waals surface area contributed by atoms with Crippen LogP contribution in [0, 0.1) is 5.92 Å². The lowest BCUT2D eigenvalue weighted by molar-refractivity contribution is -0.126. The van der Waals surface area contributed by atoms with Gasteiger partial charge in [0.05, 0.1) is 17.9 Å². The topological polar surface area (TPSA) is 80.6 Å². The number of aromatic nitrogens is 1. The molecule has 7 nitrogen and oxygen atoms in total. The molecule has 8 heteroatoms. The highest BCUT2D eigenvalue weighted by Crippen LogP contribution is 2.24. The van der Waals surface area contributed by atoms with Crippen LogP contribution in [0.1, 0.15) is 12.8 Å². The predicted molar refractivity (Wildman–Crippen MR) is 119 cm³/mol. The van der Waals surface area contributed by atoms with Crippen molar-refractivity contribution in [1.82, 2.24) is 14.2 Å². The summed E-state index contributed by atoms with van der Waals surface area (Å²) < 4.78 is 34.5. The number of nitrogens with zero attached hydrogens (tertiary/aromatic N) is 2. The van der Waals surface area contributed by atoms with Crippen LogP contribution in [0.15, 0.2) is 65.7 Å². The SMILES string of the molecule is COc1ccc2c(ccn2CCNC(=O)[C@H]2CCCN(S(=O)(=O)c3ccccc3)C2)c1. The van der Waals surface area contributed by atoms with E-state index in [1.54, 1.807) is 37.4 Å². The molecule has 1 atom stereocenters. The van der Waals surface area contributed by atoms with Crippen molar-refractivity contribution in [3.05, 3.63) is 60.8 Å². The number of fused-ring (bicyclic) bond motifs is 1. The van der Waals surface area contributed by atoms with Crippen LogP contribution in [0.2, 0.25) is 0 Å². The maximum atomic E-state index is 12.9. The van der Waals surface area contributed by atoms with Crippen molar-refractivity contribution in [3.63, 3.8) is 0 Å². The first-order chi connectivity index (χ1) is 15.0. The Balaban J connectivity index is 1.35. The molecule has 1 N–H and O–H groups in total. The normalized spacial score (nSPS) is 17.5. The Morgan fingerprint density at radius 3 is 2.74 bits per heavy atom. The van der Waals surface area contributed by atoms with Gasteiger partial charge in [0.15, 0.2) is 0 Å². The Bertz CT molecular complexity index is 1160. The monoisotopic (exact) mass is 441 g/mol. The number of ether oxygens (including phenoxy) is 1. The van der Waals surface area contributed by atoms with Crippen LogP contribution >= 0.6 is 0 Å². The van der Waals surface area contributed by atoms with Gasteiger partial charge < -0.3 is 14.6 Å². The third-order valence-corrected chi connectivity index (χ3v) is 7.65. The summed E-state index contributed by atoms with van der Waals surface area (Å²) in [5, 5.41) is 4.07. The number of sulfonamides is 1. The van der Waals surface area contributed by atoms with Gasteiger partial charge in [-0.2, -0.15) is 4.31 Å². The first-order valence-corrected chi connectivity index (χ1v) is 11.9. The fraction of sp³-hybridized carbons (Fsp3) is 0.348. The molecule has 1 saturated heterocycles. The summed E-state index contributed by atoms with van der Waals surface area (Å²) in [6.07, 6.45) is 3.36. The summed E-state index contributed by atoms with van der Waals surface area (Å²) in [5.41, 5.74) is 1.08. The summed E-state index contributed by atoms with van der Waals surface area (Å²) in [7, 11) is -1.93. The molecule has 0 bridgehead atoms. The minimum atomic E-state index is -3.58. The number of carbonyl (C=O) groups is 1. The number of amides is 1. The Labute approximate surface area is 182 Å². The van der Waals surface area contributed by atoms with E-state index in [0.717, 1.165) is 16.7 Å². The van der Waals surface area contributed by atoms with Crippen molar-refractivity contribution in [3.8, 4) is 5.75 Å². The van der Waals surface area contributed by atoms with Crippen LogP contribution in [0.5, 0.6) is 5.75 Å². The molecule has 1 aliphatic heterocycles. The Morgan fingerprint density at radius 2 is 1.97 bits per heavy atom. The number of hydrogen-bond donors (Lipinski definition) is 1. The lowest BCUT2D eigenvalue weighted by atomic mass is 9.99. The molecule has 0 saturated carbocycles. The van der Waals surface area contributed by atoms with Gasteiger partial charge in [-0.25, -0.2) is 8.42 Å². The predicted octanol–water partition coefficient (Wildman–Crippen LogP) is 2.87. The second kappa shape index (κ2) is 9.11. The van der Waals surface area contributed by atoms with Crippen LogP contribution in [-0.2, 0) is 21.4 Å². The Morgan fingerprint density at radius 1 is 1.16 bits per heavy atom.